The van der Waals surface area contributed by atoms with Gasteiger partial charge in [-0.05, 0) is 18.5 Å². The smallest absolute Gasteiger partial charge is 0.225 e. The number of fused-ring (bicyclic) bond motifs is 1. The fourth-order valence-corrected chi connectivity index (χ4v) is 2.09. The van der Waals surface area contributed by atoms with Crippen molar-refractivity contribution in [2.75, 3.05) is 0 Å². The lowest BCUT2D eigenvalue weighted by atomic mass is 10.4. The molecular weight excluding hydrogens is 275 g/mol. The largest absolute Gasteiger partial charge is 0.271 e. The molecule has 0 radical (unpaired) electrons. The van der Waals surface area contributed by atoms with Gasteiger partial charge in [0, 0.05) is 18.8 Å². The minimum atomic E-state index is 0.0851. The molecule has 0 aromatic carbocycles. The van der Waals surface area contributed by atoms with Crippen LogP contribution < -0.4 is 0 Å². The standard InChI is InChI=1S/C10H8Cl2N6/c1-5-3-6(16-17(5)2)18-4-13-7-8(11)14-10(12)15-9(7)18/h3-4H,1-2H3. The highest BCUT2D eigenvalue weighted by Crippen LogP contribution is 2.22. The van der Waals surface area contributed by atoms with Crippen molar-refractivity contribution in [2.24, 2.45) is 7.05 Å². The van der Waals surface area contributed by atoms with Crippen molar-refractivity contribution in [1.29, 1.82) is 0 Å². The Labute approximate surface area is 112 Å². The number of aromatic nitrogens is 6. The second-order valence-electron chi connectivity index (χ2n) is 3.84. The van der Waals surface area contributed by atoms with Gasteiger partial charge in [-0.1, -0.05) is 11.6 Å². The van der Waals surface area contributed by atoms with Crippen molar-refractivity contribution < 1.29 is 0 Å². The Kier molecular flexibility index (Phi) is 2.49. The fourth-order valence-electron chi connectivity index (χ4n) is 1.67. The van der Waals surface area contributed by atoms with Crippen molar-refractivity contribution in [3.63, 3.8) is 0 Å². The van der Waals surface area contributed by atoms with Gasteiger partial charge in [-0.2, -0.15) is 10.1 Å². The summed E-state index contributed by atoms with van der Waals surface area (Å²) in [5.41, 5.74) is 2.07. The van der Waals surface area contributed by atoms with Gasteiger partial charge in [0.15, 0.2) is 16.6 Å². The second kappa shape index (κ2) is 3.93. The van der Waals surface area contributed by atoms with Gasteiger partial charge < -0.3 is 0 Å². The molecule has 3 aromatic heterocycles. The van der Waals surface area contributed by atoms with Crippen LogP contribution in [0.5, 0.6) is 0 Å². The number of halogens is 2. The number of hydrogen-bond acceptors (Lipinski definition) is 4. The molecule has 0 saturated carbocycles. The van der Waals surface area contributed by atoms with E-state index < -0.39 is 0 Å². The topological polar surface area (TPSA) is 61.4 Å². The van der Waals surface area contributed by atoms with Crippen LogP contribution in [0.25, 0.3) is 17.0 Å². The minimum absolute atomic E-state index is 0.0851. The van der Waals surface area contributed by atoms with Crippen LogP contribution in [-0.4, -0.2) is 29.3 Å². The zero-order valence-corrected chi connectivity index (χ0v) is 11.1. The number of rotatable bonds is 1. The first kappa shape index (κ1) is 11.4. The first-order chi connectivity index (χ1) is 8.56. The summed E-state index contributed by atoms with van der Waals surface area (Å²) in [4.78, 5) is 12.2. The summed E-state index contributed by atoms with van der Waals surface area (Å²) in [6.45, 7) is 1.96. The lowest BCUT2D eigenvalue weighted by Crippen LogP contribution is -1.98. The molecule has 0 aliphatic carbocycles. The molecule has 92 valence electrons. The van der Waals surface area contributed by atoms with E-state index in [9.17, 15) is 0 Å². The molecule has 3 heterocycles. The predicted molar refractivity (Wildman–Crippen MR) is 68.2 cm³/mol. The number of hydrogen-bond donors (Lipinski definition) is 0. The van der Waals surface area contributed by atoms with Crippen molar-refractivity contribution in [3.05, 3.63) is 28.5 Å². The molecule has 0 atom stereocenters. The van der Waals surface area contributed by atoms with Crippen LogP contribution in [0.4, 0.5) is 0 Å². The number of aryl methyl sites for hydroxylation is 2. The van der Waals surface area contributed by atoms with Crippen molar-refractivity contribution in [2.45, 2.75) is 6.92 Å². The molecule has 0 N–H and O–H groups in total. The van der Waals surface area contributed by atoms with Gasteiger partial charge in [-0.25, -0.2) is 9.97 Å². The van der Waals surface area contributed by atoms with Gasteiger partial charge in [0.05, 0.1) is 0 Å². The highest BCUT2D eigenvalue weighted by atomic mass is 35.5. The van der Waals surface area contributed by atoms with Gasteiger partial charge in [0.1, 0.15) is 11.8 Å². The first-order valence-corrected chi connectivity index (χ1v) is 5.89. The Morgan fingerprint density at radius 1 is 1.22 bits per heavy atom. The molecule has 3 aromatic rings. The molecule has 18 heavy (non-hydrogen) atoms. The quantitative estimate of drug-likeness (QED) is 0.507. The Hall–Kier alpha value is -1.66. The first-order valence-electron chi connectivity index (χ1n) is 5.13. The van der Waals surface area contributed by atoms with E-state index >= 15 is 0 Å². The maximum Gasteiger partial charge on any atom is 0.225 e. The van der Waals surface area contributed by atoms with Crippen LogP contribution in [0.3, 0.4) is 0 Å². The fraction of sp³-hybridized carbons (Fsp3) is 0.200. The highest BCUT2D eigenvalue weighted by molar-refractivity contribution is 6.35. The summed E-state index contributed by atoms with van der Waals surface area (Å²) in [5, 5.41) is 4.67. The second-order valence-corrected chi connectivity index (χ2v) is 4.53. The van der Waals surface area contributed by atoms with Gasteiger partial charge in [-0.3, -0.25) is 9.25 Å². The Morgan fingerprint density at radius 2 is 2.00 bits per heavy atom. The summed E-state index contributed by atoms with van der Waals surface area (Å²) >= 11 is 11.8. The summed E-state index contributed by atoms with van der Waals surface area (Å²) in [5.74, 6) is 0.711. The predicted octanol–water partition coefficient (Wildman–Crippen LogP) is 2.16. The third-order valence-corrected chi connectivity index (χ3v) is 3.11. The van der Waals surface area contributed by atoms with Crippen LogP contribution in [0, 0.1) is 6.92 Å². The summed E-state index contributed by atoms with van der Waals surface area (Å²) in [6, 6.07) is 1.92. The van der Waals surface area contributed by atoms with E-state index in [-0.39, 0.29) is 10.4 Å². The highest BCUT2D eigenvalue weighted by Gasteiger charge is 2.14. The van der Waals surface area contributed by atoms with Crippen LogP contribution in [0.15, 0.2) is 12.4 Å². The van der Waals surface area contributed by atoms with Crippen molar-refractivity contribution in [3.8, 4) is 5.82 Å². The zero-order valence-electron chi connectivity index (χ0n) is 9.59. The molecule has 0 fully saturated rings. The van der Waals surface area contributed by atoms with E-state index in [1.807, 2.05) is 20.0 Å². The number of imidazole rings is 1. The molecular formula is C10H8Cl2N6. The summed E-state index contributed by atoms with van der Waals surface area (Å²) in [7, 11) is 1.87. The molecule has 0 aliphatic rings. The molecule has 8 heteroatoms. The molecule has 6 nitrogen and oxygen atoms in total. The van der Waals surface area contributed by atoms with E-state index in [0.717, 1.165) is 5.69 Å². The van der Waals surface area contributed by atoms with Crippen molar-refractivity contribution >= 4 is 34.4 Å². The van der Waals surface area contributed by atoms with E-state index in [1.165, 1.54) is 0 Å². The third-order valence-electron chi connectivity index (χ3n) is 2.67. The molecule has 0 saturated heterocycles. The number of nitrogens with zero attached hydrogens (tertiary/aromatic N) is 6. The maximum absolute atomic E-state index is 5.96. The Balaban J connectivity index is 2.30. The maximum atomic E-state index is 5.96. The SMILES string of the molecule is Cc1cc(-n2cnc3c(Cl)nc(Cl)nc32)nn1C. The van der Waals surface area contributed by atoms with Gasteiger partial charge >= 0.3 is 0 Å². The Morgan fingerprint density at radius 3 is 2.67 bits per heavy atom. The van der Waals surface area contributed by atoms with Gasteiger partial charge in [0.2, 0.25) is 5.28 Å². The monoisotopic (exact) mass is 282 g/mol. The van der Waals surface area contributed by atoms with E-state index in [1.54, 1.807) is 15.6 Å². The zero-order chi connectivity index (χ0) is 12.9. The van der Waals surface area contributed by atoms with Gasteiger partial charge in [-0.15, -0.1) is 0 Å². The van der Waals surface area contributed by atoms with Crippen LogP contribution in [0.2, 0.25) is 10.4 Å². The summed E-state index contributed by atoms with van der Waals surface area (Å²) in [6.07, 6.45) is 1.60. The van der Waals surface area contributed by atoms with Crippen LogP contribution in [-0.2, 0) is 7.05 Å². The van der Waals surface area contributed by atoms with Gasteiger partial charge in [0.25, 0.3) is 0 Å². The van der Waals surface area contributed by atoms with E-state index in [4.69, 9.17) is 23.2 Å². The molecule has 0 bridgehead atoms. The lowest BCUT2D eigenvalue weighted by Gasteiger charge is -1.99. The minimum Gasteiger partial charge on any atom is -0.271 e. The van der Waals surface area contributed by atoms with Crippen molar-refractivity contribution in [1.82, 2.24) is 29.3 Å². The average Bonchev–Trinajstić information content (AvgIpc) is 2.83. The third kappa shape index (κ3) is 1.65. The normalized spacial score (nSPS) is 11.3. The molecule has 3 rings (SSSR count). The van der Waals surface area contributed by atoms with Crippen LogP contribution in [0.1, 0.15) is 5.69 Å². The Bertz CT molecular complexity index is 725. The van der Waals surface area contributed by atoms with E-state index in [2.05, 4.69) is 20.1 Å². The lowest BCUT2D eigenvalue weighted by molar-refractivity contribution is 0.729. The molecule has 0 aliphatic heterocycles. The average molecular weight is 283 g/mol. The molecule has 0 spiro atoms. The molecule has 0 amide bonds. The van der Waals surface area contributed by atoms with Crippen LogP contribution >= 0.6 is 23.2 Å². The molecule has 0 unspecified atom stereocenters. The summed E-state index contributed by atoms with van der Waals surface area (Å²) < 4.78 is 3.49. The van der Waals surface area contributed by atoms with E-state index in [0.29, 0.717) is 17.0 Å².